The SMILES string of the molecule is CC(C)(C)c1cccc2oc3c4ccccc4c(N(c4ccc(-c5ccccc5)cc4)c4ccc5c6ccccc6c6ccccc6c5c4)cc3c12. The van der Waals surface area contributed by atoms with Crippen LogP contribution in [-0.4, -0.2) is 0 Å². The van der Waals surface area contributed by atoms with Gasteiger partial charge in [-0.2, -0.15) is 0 Å². The minimum atomic E-state index is -0.0583. The third-order valence-electron chi connectivity index (χ3n) is 10.7. The highest BCUT2D eigenvalue weighted by atomic mass is 16.3. The maximum Gasteiger partial charge on any atom is 0.143 e. The lowest BCUT2D eigenvalue weighted by Gasteiger charge is -2.28. The van der Waals surface area contributed by atoms with Gasteiger partial charge in [-0.1, -0.05) is 154 Å². The van der Waals surface area contributed by atoms with Crippen LogP contribution in [-0.2, 0) is 5.41 Å². The third-order valence-corrected chi connectivity index (χ3v) is 10.7. The summed E-state index contributed by atoms with van der Waals surface area (Å²) in [5, 5.41) is 12.2. The lowest BCUT2D eigenvalue weighted by molar-refractivity contribution is 0.594. The molecule has 0 radical (unpaired) electrons. The highest BCUT2D eigenvalue weighted by Gasteiger charge is 2.25. The van der Waals surface area contributed by atoms with Crippen molar-refractivity contribution in [2.45, 2.75) is 26.2 Å². The fraction of sp³-hybridized carbons (Fsp3) is 0.0800. The predicted molar refractivity (Wildman–Crippen MR) is 223 cm³/mol. The van der Waals surface area contributed by atoms with Gasteiger partial charge in [-0.25, -0.2) is 0 Å². The molecule has 0 atom stereocenters. The Bertz CT molecular complexity index is 2950. The van der Waals surface area contributed by atoms with Crippen molar-refractivity contribution in [1.82, 2.24) is 0 Å². The topological polar surface area (TPSA) is 16.4 Å². The molecule has 52 heavy (non-hydrogen) atoms. The molecule has 248 valence electrons. The molecule has 10 aromatic rings. The monoisotopic (exact) mass is 667 g/mol. The Morgan fingerprint density at radius 3 is 1.60 bits per heavy atom. The van der Waals surface area contributed by atoms with Crippen molar-refractivity contribution in [3.05, 3.63) is 175 Å². The van der Waals surface area contributed by atoms with E-state index in [9.17, 15) is 0 Å². The molecule has 0 saturated heterocycles. The molecule has 0 unspecified atom stereocenters. The number of anilines is 3. The fourth-order valence-corrected chi connectivity index (χ4v) is 8.33. The van der Waals surface area contributed by atoms with Crippen LogP contribution in [0.3, 0.4) is 0 Å². The van der Waals surface area contributed by atoms with Crippen LogP contribution in [0.4, 0.5) is 17.1 Å². The van der Waals surface area contributed by atoms with Crippen LogP contribution in [0.2, 0.25) is 0 Å². The molecular weight excluding hydrogens is 631 g/mol. The van der Waals surface area contributed by atoms with Gasteiger partial charge in [0.1, 0.15) is 11.2 Å². The van der Waals surface area contributed by atoms with E-state index in [-0.39, 0.29) is 5.41 Å². The zero-order chi connectivity index (χ0) is 35.0. The van der Waals surface area contributed by atoms with Crippen LogP contribution < -0.4 is 4.90 Å². The zero-order valence-corrected chi connectivity index (χ0v) is 29.5. The average molecular weight is 668 g/mol. The van der Waals surface area contributed by atoms with Gasteiger partial charge in [0.2, 0.25) is 0 Å². The van der Waals surface area contributed by atoms with Gasteiger partial charge < -0.3 is 9.32 Å². The fourth-order valence-electron chi connectivity index (χ4n) is 8.33. The molecule has 2 nitrogen and oxygen atoms in total. The second kappa shape index (κ2) is 11.6. The molecule has 10 rings (SSSR count). The number of hydrogen-bond donors (Lipinski definition) is 0. The smallest absolute Gasteiger partial charge is 0.143 e. The zero-order valence-electron chi connectivity index (χ0n) is 29.5. The molecule has 0 N–H and O–H groups in total. The lowest BCUT2D eigenvalue weighted by atomic mass is 9.84. The maximum atomic E-state index is 6.74. The van der Waals surface area contributed by atoms with E-state index in [1.165, 1.54) is 54.4 Å². The van der Waals surface area contributed by atoms with E-state index in [0.717, 1.165) is 44.4 Å². The van der Waals surface area contributed by atoms with Crippen LogP contribution in [0.1, 0.15) is 26.3 Å². The Labute approximate surface area is 303 Å². The molecule has 1 aromatic heterocycles. The maximum absolute atomic E-state index is 6.74. The predicted octanol–water partition coefficient (Wildman–Crippen LogP) is 14.6. The van der Waals surface area contributed by atoms with Crippen LogP contribution in [0.25, 0.3) is 76.2 Å². The van der Waals surface area contributed by atoms with Gasteiger partial charge in [-0.05, 0) is 90.8 Å². The summed E-state index contributed by atoms with van der Waals surface area (Å²) in [4.78, 5) is 2.44. The van der Waals surface area contributed by atoms with Crippen molar-refractivity contribution >= 4 is 82.1 Å². The van der Waals surface area contributed by atoms with Crippen molar-refractivity contribution in [2.75, 3.05) is 4.90 Å². The molecule has 0 saturated carbocycles. The van der Waals surface area contributed by atoms with Gasteiger partial charge >= 0.3 is 0 Å². The first-order valence-electron chi connectivity index (χ1n) is 18.1. The second-order valence-electron chi connectivity index (χ2n) is 14.9. The number of benzene rings is 9. The van der Waals surface area contributed by atoms with E-state index in [1.807, 2.05) is 0 Å². The number of fused-ring (bicyclic) bond motifs is 11. The van der Waals surface area contributed by atoms with Gasteiger partial charge in [0.05, 0.1) is 5.69 Å². The van der Waals surface area contributed by atoms with E-state index in [4.69, 9.17) is 4.42 Å². The van der Waals surface area contributed by atoms with Crippen molar-refractivity contribution in [2.24, 2.45) is 0 Å². The molecule has 0 amide bonds. The number of rotatable bonds is 4. The summed E-state index contributed by atoms with van der Waals surface area (Å²) in [5.41, 5.74) is 8.80. The molecule has 0 bridgehead atoms. The molecule has 0 aliphatic rings. The van der Waals surface area contributed by atoms with Crippen molar-refractivity contribution in [3.8, 4) is 11.1 Å². The largest absolute Gasteiger partial charge is 0.455 e. The number of nitrogens with zero attached hydrogens (tertiary/aromatic N) is 1. The average Bonchev–Trinajstić information content (AvgIpc) is 3.57. The first-order valence-corrected chi connectivity index (χ1v) is 18.1. The first-order chi connectivity index (χ1) is 25.4. The number of hydrogen-bond acceptors (Lipinski definition) is 2. The molecule has 0 aliphatic carbocycles. The highest BCUT2D eigenvalue weighted by molar-refractivity contribution is 6.26. The quantitative estimate of drug-likeness (QED) is 0.174. The Morgan fingerprint density at radius 1 is 0.404 bits per heavy atom. The summed E-state index contributed by atoms with van der Waals surface area (Å²) in [6.07, 6.45) is 0. The van der Waals surface area contributed by atoms with Crippen molar-refractivity contribution < 1.29 is 4.42 Å². The Hall–Kier alpha value is -6.38. The van der Waals surface area contributed by atoms with Gasteiger partial charge in [0, 0.05) is 32.9 Å². The van der Waals surface area contributed by atoms with E-state index in [1.54, 1.807) is 0 Å². The van der Waals surface area contributed by atoms with Crippen molar-refractivity contribution in [1.29, 1.82) is 0 Å². The number of furan rings is 1. The Kier molecular flexibility index (Phi) is 6.78. The van der Waals surface area contributed by atoms with Crippen LogP contribution in [0.5, 0.6) is 0 Å². The Balaban J connectivity index is 1.30. The normalized spacial score (nSPS) is 12.1. The molecule has 0 aliphatic heterocycles. The summed E-state index contributed by atoms with van der Waals surface area (Å²) in [6.45, 7) is 6.85. The van der Waals surface area contributed by atoms with Gasteiger partial charge in [-0.3, -0.25) is 0 Å². The summed E-state index contributed by atoms with van der Waals surface area (Å²) >= 11 is 0. The van der Waals surface area contributed by atoms with E-state index in [2.05, 4.69) is 196 Å². The molecule has 1 heterocycles. The standard InChI is InChI=1S/C50H37NO/c1-50(2,3)45-22-13-23-47-48(45)44-31-46(41-20-11-12-21-42(41)49(44)52-47)51(34-26-24-33(25-27-34)32-14-5-4-6-15-32)35-28-29-40-38-18-8-7-16-36(38)37-17-9-10-19-39(37)43(40)30-35/h4-31H,1-3H3. The lowest BCUT2D eigenvalue weighted by Crippen LogP contribution is -2.12. The first kappa shape index (κ1) is 30.4. The van der Waals surface area contributed by atoms with E-state index in [0.29, 0.717) is 0 Å². The minimum Gasteiger partial charge on any atom is -0.455 e. The molecule has 0 spiro atoms. The Morgan fingerprint density at radius 2 is 0.942 bits per heavy atom. The molecule has 0 fully saturated rings. The van der Waals surface area contributed by atoms with Crippen LogP contribution in [0.15, 0.2) is 174 Å². The van der Waals surface area contributed by atoms with E-state index < -0.39 is 0 Å². The van der Waals surface area contributed by atoms with Gasteiger partial charge in [0.15, 0.2) is 0 Å². The summed E-state index contributed by atoms with van der Waals surface area (Å²) in [6, 6.07) is 61.8. The summed E-state index contributed by atoms with van der Waals surface area (Å²) in [5.74, 6) is 0. The summed E-state index contributed by atoms with van der Waals surface area (Å²) in [7, 11) is 0. The highest BCUT2D eigenvalue weighted by Crippen LogP contribution is 2.47. The van der Waals surface area contributed by atoms with Crippen molar-refractivity contribution in [3.63, 3.8) is 0 Å². The van der Waals surface area contributed by atoms with Gasteiger partial charge in [-0.15, -0.1) is 0 Å². The molecule has 9 aromatic carbocycles. The second-order valence-corrected chi connectivity index (χ2v) is 14.9. The summed E-state index contributed by atoms with van der Waals surface area (Å²) < 4.78 is 6.74. The minimum absolute atomic E-state index is 0.0583. The van der Waals surface area contributed by atoms with E-state index >= 15 is 0 Å². The van der Waals surface area contributed by atoms with Crippen LogP contribution in [0, 0.1) is 0 Å². The van der Waals surface area contributed by atoms with Gasteiger partial charge in [0.25, 0.3) is 0 Å². The third kappa shape index (κ3) is 4.72. The van der Waals surface area contributed by atoms with Crippen LogP contribution >= 0.6 is 0 Å². The molecular formula is C50H37NO. The molecule has 2 heteroatoms.